The normalized spacial score (nSPS) is 10.9. The predicted octanol–water partition coefficient (Wildman–Crippen LogP) is 2.89. The molecule has 0 aliphatic carbocycles. The second-order valence-corrected chi connectivity index (χ2v) is 5.31. The Labute approximate surface area is 143 Å². The van der Waals surface area contributed by atoms with E-state index in [0.717, 1.165) is 28.4 Å². The van der Waals surface area contributed by atoms with Crippen LogP contribution < -0.4 is 10.8 Å². The van der Waals surface area contributed by atoms with Gasteiger partial charge in [0.05, 0.1) is 0 Å². The maximum atomic E-state index is 12.0. The lowest BCUT2D eigenvalue weighted by Gasteiger charge is -2.03. The van der Waals surface area contributed by atoms with Crippen LogP contribution in [0.2, 0.25) is 0 Å². The summed E-state index contributed by atoms with van der Waals surface area (Å²) >= 11 is 0. The van der Waals surface area contributed by atoms with Crippen LogP contribution in [0.1, 0.15) is 10.4 Å². The summed E-state index contributed by atoms with van der Waals surface area (Å²) in [5.41, 5.74) is 3.67. The van der Waals surface area contributed by atoms with Crippen molar-refractivity contribution < 1.29 is 19.2 Å². The Morgan fingerprint density at radius 1 is 1.08 bits per heavy atom. The fraction of sp³-hybridized carbons (Fsp3) is 0.0526. The number of carbonyl (C=O) groups is 2. The maximum Gasteiger partial charge on any atom is 0.267 e. The molecule has 1 aromatic heterocycles. The van der Waals surface area contributed by atoms with Crippen molar-refractivity contribution in [3.8, 4) is 11.3 Å². The van der Waals surface area contributed by atoms with Crippen molar-refractivity contribution in [2.75, 3.05) is 6.54 Å². The van der Waals surface area contributed by atoms with E-state index >= 15 is 0 Å². The van der Waals surface area contributed by atoms with Crippen LogP contribution in [0.5, 0.6) is 0 Å². The Morgan fingerprint density at radius 3 is 2.56 bits per heavy atom. The Bertz CT molecular complexity index is 893. The number of fused-ring (bicyclic) bond motifs is 1. The molecule has 6 heteroatoms. The van der Waals surface area contributed by atoms with Gasteiger partial charge in [-0.25, -0.2) is 5.48 Å². The number of nitrogens with one attached hydrogen (secondary N) is 2. The minimum Gasteiger partial charge on any atom is -0.456 e. The van der Waals surface area contributed by atoms with Crippen molar-refractivity contribution in [2.45, 2.75) is 0 Å². The molecule has 3 aromatic rings. The molecule has 0 atom stereocenters. The molecule has 2 amide bonds. The van der Waals surface area contributed by atoms with Gasteiger partial charge in [-0.15, -0.1) is 0 Å². The fourth-order valence-electron chi connectivity index (χ4n) is 2.37. The van der Waals surface area contributed by atoms with Crippen molar-refractivity contribution in [3.05, 3.63) is 72.3 Å². The summed E-state index contributed by atoms with van der Waals surface area (Å²) in [7, 11) is 0. The molecule has 25 heavy (non-hydrogen) atoms. The van der Waals surface area contributed by atoms with Crippen LogP contribution in [-0.2, 0) is 4.79 Å². The van der Waals surface area contributed by atoms with Gasteiger partial charge in [0.25, 0.3) is 11.8 Å². The molecule has 0 bridgehead atoms. The minimum absolute atomic E-state index is 0.178. The summed E-state index contributed by atoms with van der Waals surface area (Å²) in [6.45, 7) is 0.178. The van der Waals surface area contributed by atoms with Gasteiger partial charge in [0.1, 0.15) is 11.3 Å². The van der Waals surface area contributed by atoms with Crippen LogP contribution >= 0.6 is 0 Å². The molecule has 0 saturated carbocycles. The molecule has 2 aromatic carbocycles. The number of furan rings is 1. The van der Waals surface area contributed by atoms with E-state index in [4.69, 9.17) is 9.62 Å². The first kappa shape index (κ1) is 16.5. The Hall–Kier alpha value is -3.38. The standard InChI is InChI=1S/C19H16N2O4/c22-18(21-24)6-3-11-20-19(23)14-9-7-13(8-10-14)17-12-15-4-1-2-5-16(15)25-17/h1-10,12,24H,11H2,(H,20,23)(H,21,22). The van der Waals surface area contributed by atoms with E-state index in [0.29, 0.717) is 5.56 Å². The molecule has 0 radical (unpaired) electrons. The Balaban J connectivity index is 1.66. The number of rotatable bonds is 5. The summed E-state index contributed by atoms with van der Waals surface area (Å²) < 4.78 is 5.80. The lowest BCUT2D eigenvalue weighted by atomic mass is 10.1. The third kappa shape index (κ3) is 3.94. The molecule has 1 heterocycles. The van der Waals surface area contributed by atoms with Crippen LogP contribution in [0.4, 0.5) is 0 Å². The number of para-hydroxylation sites is 1. The van der Waals surface area contributed by atoms with Gasteiger partial charge in [-0.05, 0) is 24.3 Å². The first-order valence-electron chi connectivity index (χ1n) is 7.65. The van der Waals surface area contributed by atoms with Crippen molar-refractivity contribution >= 4 is 22.8 Å². The average molecular weight is 336 g/mol. The number of carbonyl (C=O) groups excluding carboxylic acids is 2. The molecule has 3 N–H and O–H groups in total. The number of hydrogen-bond acceptors (Lipinski definition) is 4. The molecule has 6 nitrogen and oxygen atoms in total. The second-order valence-electron chi connectivity index (χ2n) is 5.31. The topological polar surface area (TPSA) is 91.6 Å². The Kier molecular flexibility index (Phi) is 4.92. The highest BCUT2D eigenvalue weighted by Gasteiger charge is 2.08. The second kappa shape index (κ2) is 7.46. The van der Waals surface area contributed by atoms with E-state index in [-0.39, 0.29) is 12.5 Å². The van der Waals surface area contributed by atoms with E-state index in [2.05, 4.69) is 5.32 Å². The molecule has 0 aliphatic rings. The zero-order valence-electron chi connectivity index (χ0n) is 13.2. The van der Waals surface area contributed by atoms with Crippen LogP contribution in [-0.4, -0.2) is 23.6 Å². The number of hydrogen-bond donors (Lipinski definition) is 3. The van der Waals surface area contributed by atoms with Gasteiger partial charge in [-0.3, -0.25) is 14.8 Å². The Morgan fingerprint density at radius 2 is 1.84 bits per heavy atom. The summed E-state index contributed by atoms with van der Waals surface area (Å²) in [5.74, 6) is -0.166. The highest BCUT2D eigenvalue weighted by Crippen LogP contribution is 2.27. The largest absolute Gasteiger partial charge is 0.456 e. The van der Waals surface area contributed by atoms with Crippen LogP contribution in [0.25, 0.3) is 22.3 Å². The quantitative estimate of drug-likeness (QED) is 0.379. The molecule has 126 valence electrons. The molecular weight excluding hydrogens is 320 g/mol. The first-order chi connectivity index (χ1) is 12.2. The summed E-state index contributed by atoms with van der Waals surface area (Å²) in [6.07, 6.45) is 2.57. The van der Waals surface area contributed by atoms with Crippen molar-refractivity contribution in [2.24, 2.45) is 0 Å². The summed E-state index contributed by atoms with van der Waals surface area (Å²) in [4.78, 5) is 22.8. The van der Waals surface area contributed by atoms with E-state index < -0.39 is 5.91 Å². The predicted molar refractivity (Wildman–Crippen MR) is 93.1 cm³/mol. The van der Waals surface area contributed by atoms with Crippen LogP contribution in [0.15, 0.2) is 71.2 Å². The third-order valence-electron chi connectivity index (χ3n) is 3.62. The lowest BCUT2D eigenvalue weighted by Crippen LogP contribution is -2.23. The fourth-order valence-corrected chi connectivity index (χ4v) is 2.37. The van der Waals surface area contributed by atoms with E-state index in [9.17, 15) is 9.59 Å². The smallest absolute Gasteiger partial charge is 0.267 e. The van der Waals surface area contributed by atoms with Crippen molar-refractivity contribution in [1.82, 2.24) is 10.8 Å². The summed E-state index contributed by atoms with van der Waals surface area (Å²) in [5, 5.41) is 12.0. The molecule has 0 fully saturated rings. The van der Waals surface area contributed by atoms with Crippen LogP contribution in [0, 0.1) is 0 Å². The van der Waals surface area contributed by atoms with Crippen molar-refractivity contribution in [3.63, 3.8) is 0 Å². The molecule has 0 saturated heterocycles. The van der Waals surface area contributed by atoms with Gasteiger partial charge in [-0.1, -0.05) is 36.4 Å². The molecule has 0 aliphatic heterocycles. The zero-order valence-corrected chi connectivity index (χ0v) is 13.2. The van der Waals surface area contributed by atoms with Crippen molar-refractivity contribution in [1.29, 1.82) is 0 Å². The third-order valence-corrected chi connectivity index (χ3v) is 3.62. The number of hydroxylamine groups is 1. The molecule has 0 unspecified atom stereocenters. The highest BCUT2D eigenvalue weighted by atomic mass is 16.5. The van der Waals surface area contributed by atoms with Gasteiger partial charge < -0.3 is 9.73 Å². The summed E-state index contributed by atoms with van der Waals surface area (Å²) in [6, 6.07) is 16.8. The van der Waals surface area contributed by atoms with E-state index in [1.54, 1.807) is 12.1 Å². The molecule has 3 rings (SSSR count). The van der Waals surface area contributed by atoms with Gasteiger partial charge in [0, 0.05) is 29.1 Å². The van der Waals surface area contributed by atoms with Gasteiger partial charge in [-0.2, -0.15) is 0 Å². The van der Waals surface area contributed by atoms with Gasteiger partial charge in [0.15, 0.2) is 0 Å². The highest BCUT2D eigenvalue weighted by molar-refractivity contribution is 5.95. The van der Waals surface area contributed by atoms with Crippen LogP contribution in [0.3, 0.4) is 0 Å². The van der Waals surface area contributed by atoms with E-state index in [1.807, 2.05) is 42.5 Å². The van der Waals surface area contributed by atoms with E-state index in [1.165, 1.54) is 11.6 Å². The minimum atomic E-state index is -0.649. The first-order valence-corrected chi connectivity index (χ1v) is 7.65. The molecule has 0 spiro atoms. The monoisotopic (exact) mass is 336 g/mol. The average Bonchev–Trinajstić information content (AvgIpc) is 3.09. The van der Waals surface area contributed by atoms with Gasteiger partial charge in [0.2, 0.25) is 0 Å². The maximum absolute atomic E-state index is 12.0. The number of amides is 2. The lowest BCUT2D eigenvalue weighted by molar-refractivity contribution is -0.124. The molecular formula is C19H16N2O4. The number of benzene rings is 2. The van der Waals surface area contributed by atoms with Gasteiger partial charge >= 0.3 is 0 Å². The SMILES string of the molecule is O=C(C=CCNC(=O)c1ccc(-c2cc3ccccc3o2)cc1)NO. The zero-order chi connectivity index (χ0) is 17.6.